The zero-order valence-corrected chi connectivity index (χ0v) is 15.0. The Morgan fingerprint density at radius 2 is 1.86 bits per heavy atom. The van der Waals surface area contributed by atoms with Gasteiger partial charge in [-0.15, -0.1) is 0 Å². The summed E-state index contributed by atoms with van der Waals surface area (Å²) in [6, 6.07) is 10.4. The zero-order valence-electron chi connectivity index (χ0n) is 14.2. The summed E-state index contributed by atoms with van der Waals surface area (Å²) in [4.78, 5) is 15.2. The molecule has 28 heavy (non-hydrogen) atoms. The van der Waals surface area contributed by atoms with Gasteiger partial charge in [0.05, 0.1) is 11.4 Å². The average Bonchev–Trinajstić information content (AvgIpc) is 3.10. The number of carbonyl (C=O) groups is 1. The molecular formula is C17H15FN4O5S. The number of halogens is 1. The van der Waals surface area contributed by atoms with Crippen LogP contribution in [0, 0.1) is 5.82 Å². The van der Waals surface area contributed by atoms with Crippen LogP contribution in [0.15, 0.2) is 57.8 Å². The summed E-state index contributed by atoms with van der Waals surface area (Å²) in [6.07, 6.45) is 0. The van der Waals surface area contributed by atoms with E-state index in [0.29, 0.717) is 5.56 Å². The number of urea groups is 1. The Bertz CT molecular complexity index is 1110. The number of nitrogens with two attached hydrogens (primary N) is 1. The Morgan fingerprint density at radius 3 is 2.50 bits per heavy atom. The van der Waals surface area contributed by atoms with Gasteiger partial charge >= 0.3 is 6.03 Å². The fourth-order valence-electron chi connectivity index (χ4n) is 2.52. The van der Waals surface area contributed by atoms with Crippen molar-refractivity contribution in [3.05, 3.63) is 60.2 Å². The fraction of sp³-hybridized carbons (Fsp3) is 0.0588. The third-order valence-electron chi connectivity index (χ3n) is 3.73. The molecule has 0 bridgehead atoms. The maximum Gasteiger partial charge on any atom is 0.338 e. The lowest BCUT2D eigenvalue weighted by molar-refractivity contribution is 0.161. The predicted octanol–water partition coefficient (Wildman–Crippen LogP) is 1.98. The van der Waals surface area contributed by atoms with Crippen LogP contribution in [0.3, 0.4) is 0 Å². The number of rotatable bonds is 5. The van der Waals surface area contributed by atoms with E-state index in [1.807, 2.05) is 0 Å². The van der Waals surface area contributed by atoms with Gasteiger partial charge in [0.1, 0.15) is 11.5 Å². The molecule has 0 saturated heterocycles. The van der Waals surface area contributed by atoms with Crippen LogP contribution in [-0.4, -0.2) is 24.6 Å². The van der Waals surface area contributed by atoms with E-state index in [1.165, 1.54) is 47.9 Å². The number of benzene rings is 2. The largest absolute Gasteiger partial charge is 0.438 e. The Hall–Kier alpha value is -3.28. The topological polar surface area (TPSA) is 148 Å². The fourth-order valence-corrected chi connectivity index (χ4v) is 3.26. The van der Waals surface area contributed by atoms with E-state index in [9.17, 15) is 17.6 Å². The smallest absolute Gasteiger partial charge is 0.338 e. The van der Waals surface area contributed by atoms with Crippen LogP contribution < -0.4 is 15.9 Å². The number of nitrogens with one attached hydrogen (secondary N) is 2. The highest BCUT2D eigenvalue weighted by Gasteiger charge is 2.23. The molecule has 2 aromatic carbocycles. The number of sulfonamides is 1. The number of primary sulfonamides is 1. The summed E-state index contributed by atoms with van der Waals surface area (Å²) in [5, 5.41) is 16.1. The molecule has 0 unspecified atom stereocenters. The minimum absolute atomic E-state index is 0.0298. The van der Waals surface area contributed by atoms with Crippen molar-refractivity contribution in [1.82, 2.24) is 15.8 Å². The molecule has 0 radical (unpaired) electrons. The van der Waals surface area contributed by atoms with Gasteiger partial charge in [0.25, 0.3) is 0 Å². The Labute approximate surface area is 159 Å². The van der Waals surface area contributed by atoms with E-state index in [1.54, 1.807) is 6.07 Å². The van der Waals surface area contributed by atoms with Gasteiger partial charge in [0.15, 0.2) is 5.76 Å². The molecule has 0 aliphatic rings. The molecule has 0 spiro atoms. The summed E-state index contributed by atoms with van der Waals surface area (Å²) in [5.41, 5.74) is 2.25. The summed E-state index contributed by atoms with van der Waals surface area (Å²) < 4.78 is 42.9. The second kappa shape index (κ2) is 7.76. The first-order valence-corrected chi connectivity index (χ1v) is 9.40. The van der Waals surface area contributed by atoms with E-state index in [4.69, 9.17) is 14.8 Å². The first-order chi connectivity index (χ1) is 13.3. The molecule has 9 nitrogen and oxygen atoms in total. The van der Waals surface area contributed by atoms with Crippen LogP contribution in [0.25, 0.3) is 22.6 Å². The van der Waals surface area contributed by atoms with Gasteiger partial charge in [0.2, 0.25) is 15.9 Å². The highest BCUT2D eigenvalue weighted by Crippen LogP contribution is 2.36. The maximum atomic E-state index is 13.3. The molecule has 0 atom stereocenters. The molecule has 1 aromatic heterocycles. The van der Waals surface area contributed by atoms with Crippen LogP contribution in [0.5, 0.6) is 0 Å². The molecule has 0 saturated carbocycles. The van der Waals surface area contributed by atoms with Crippen molar-refractivity contribution in [2.75, 3.05) is 0 Å². The van der Waals surface area contributed by atoms with Gasteiger partial charge in [-0.1, -0.05) is 12.1 Å². The van der Waals surface area contributed by atoms with E-state index in [0.717, 1.165) is 0 Å². The number of hydrogen-bond acceptors (Lipinski definition) is 6. The number of hydrogen-bond donors (Lipinski definition) is 4. The van der Waals surface area contributed by atoms with Gasteiger partial charge < -0.3 is 9.73 Å². The van der Waals surface area contributed by atoms with Crippen LogP contribution >= 0.6 is 0 Å². The van der Waals surface area contributed by atoms with E-state index in [2.05, 4.69) is 10.3 Å². The number of hydroxylamine groups is 1. The van der Waals surface area contributed by atoms with Gasteiger partial charge in [-0.05, 0) is 36.4 Å². The predicted molar refractivity (Wildman–Crippen MR) is 95.9 cm³/mol. The quantitative estimate of drug-likeness (QED) is 0.376. The molecule has 0 aliphatic carbocycles. The molecule has 1 heterocycles. The second-order valence-electron chi connectivity index (χ2n) is 5.63. The summed E-state index contributed by atoms with van der Waals surface area (Å²) in [7, 11) is -4.07. The molecule has 0 fully saturated rings. The summed E-state index contributed by atoms with van der Waals surface area (Å²) >= 11 is 0. The number of amides is 2. The molecule has 0 aliphatic heterocycles. The lowest BCUT2D eigenvalue weighted by Gasteiger charge is -2.07. The van der Waals surface area contributed by atoms with Crippen molar-refractivity contribution in [2.45, 2.75) is 11.4 Å². The van der Waals surface area contributed by atoms with Gasteiger partial charge in [-0.25, -0.2) is 33.2 Å². The van der Waals surface area contributed by atoms with Gasteiger partial charge in [-0.3, -0.25) is 5.21 Å². The Balaban J connectivity index is 2.15. The number of oxazole rings is 1. The van der Waals surface area contributed by atoms with E-state index < -0.39 is 21.9 Å². The molecule has 3 rings (SSSR count). The summed E-state index contributed by atoms with van der Waals surface area (Å²) in [6.45, 7) is -0.196. The van der Waals surface area contributed by atoms with Crippen LogP contribution in [0.4, 0.5) is 9.18 Å². The molecule has 2 amide bonds. The lowest BCUT2D eigenvalue weighted by atomic mass is 10.1. The normalized spacial score (nSPS) is 11.2. The lowest BCUT2D eigenvalue weighted by Crippen LogP contribution is -2.32. The molecular weight excluding hydrogens is 391 g/mol. The van der Waals surface area contributed by atoms with Crippen molar-refractivity contribution in [2.24, 2.45) is 5.14 Å². The van der Waals surface area contributed by atoms with Crippen molar-refractivity contribution >= 4 is 16.1 Å². The molecule has 146 valence electrons. The first-order valence-electron chi connectivity index (χ1n) is 7.85. The SMILES string of the molecule is NS(=O)(=O)c1ccccc1-c1oc(CNC(=O)NO)nc1-c1ccc(F)cc1. The van der Waals surface area contributed by atoms with Gasteiger partial charge in [0, 0.05) is 11.1 Å². The minimum Gasteiger partial charge on any atom is -0.438 e. The van der Waals surface area contributed by atoms with Gasteiger partial charge in [-0.2, -0.15) is 0 Å². The third-order valence-corrected chi connectivity index (χ3v) is 4.70. The zero-order chi connectivity index (χ0) is 20.3. The van der Waals surface area contributed by atoms with Crippen molar-refractivity contribution in [1.29, 1.82) is 0 Å². The number of carbonyl (C=O) groups excluding carboxylic acids is 1. The molecule has 11 heteroatoms. The van der Waals surface area contributed by atoms with E-state index in [-0.39, 0.29) is 34.3 Å². The number of aromatic nitrogens is 1. The summed E-state index contributed by atoms with van der Waals surface area (Å²) in [5.74, 6) is -0.347. The first kappa shape index (κ1) is 19.5. The molecule has 3 aromatic rings. The minimum atomic E-state index is -4.07. The highest BCUT2D eigenvalue weighted by atomic mass is 32.2. The third kappa shape index (κ3) is 4.17. The Morgan fingerprint density at radius 1 is 1.18 bits per heavy atom. The maximum absolute atomic E-state index is 13.3. The second-order valence-corrected chi connectivity index (χ2v) is 7.16. The number of nitrogens with zero attached hydrogens (tertiary/aromatic N) is 1. The average molecular weight is 406 g/mol. The van der Waals surface area contributed by atoms with Crippen molar-refractivity contribution in [3.8, 4) is 22.6 Å². The highest BCUT2D eigenvalue weighted by molar-refractivity contribution is 7.89. The van der Waals surface area contributed by atoms with E-state index >= 15 is 0 Å². The monoisotopic (exact) mass is 406 g/mol. The van der Waals surface area contributed by atoms with Crippen molar-refractivity contribution < 1.29 is 27.2 Å². The van der Waals surface area contributed by atoms with Crippen LogP contribution in [0.1, 0.15) is 5.89 Å². The Kier molecular flexibility index (Phi) is 5.40. The van der Waals surface area contributed by atoms with Crippen LogP contribution in [-0.2, 0) is 16.6 Å². The standard InChI is InChI=1S/C17H15FN4O5S/c18-11-7-5-10(6-8-11)15-16(27-14(21-15)9-20-17(23)22-24)12-3-1-2-4-13(12)28(19,25)26/h1-8,24H,9H2,(H2,19,25,26)(H2,20,22,23). The van der Waals surface area contributed by atoms with Crippen molar-refractivity contribution in [3.63, 3.8) is 0 Å². The van der Waals surface area contributed by atoms with Crippen LogP contribution in [0.2, 0.25) is 0 Å². The molecule has 5 N–H and O–H groups in total.